The highest BCUT2D eigenvalue weighted by Crippen LogP contribution is 2.18. The third-order valence-corrected chi connectivity index (χ3v) is 6.56. The molecule has 3 atom stereocenters. The van der Waals surface area contributed by atoms with Crippen LogP contribution in [0, 0.1) is 6.92 Å². The summed E-state index contributed by atoms with van der Waals surface area (Å²) in [6.45, 7) is 3.95. The lowest BCUT2D eigenvalue weighted by atomic mass is 10.1. The average molecular weight is 381 g/mol. The minimum atomic E-state index is -3.06. The van der Waals surface area contributed by atoms with Crippen LogP contribution in [0.25, 0.3) is 0 Å². The summed E-state index contributed by atoms with van der Waals surface area (Å²) in [5, 5.41) is 3.65. The minimum absolute atomic E-state index is 0.452. The Kier molecular flexibility index (Phi) is 6.34. The molecule has 3 unspecified atom stereocenters. The summed E-state index contributed by atoms with van der Waals surface area (Å²) >= 11 is 0. The fourth-order valence-corrected chi connectivity index (χ4v) is 4.19. The van der Waals surface area contributed by atoms with Crippen LogP contribution >= 0.6 is 18.6 Å². The van der Waals surface area contributed by atoms with Crippen LogP contribution in [-0.2, 0) is 16.3 Å². The number of aryl methyl sites for hydroxylation is 2. The molecule has 2 aromatic carbocycles. The summed E-state index contributed by atoms with van der Waals surface area (Å²) in [6, 6.07) is 12.3. The number of hydrogen-bond donors (Lipinski definition) is 2. The number of benzene rings is 2. The van der Waals surface area contributed by atoms with Crippen molar-refractivity contribution in [2.75, 3.05) is 5.32 Å². The summed E-state index contributed by atoms with van der Waals surface area (Å²) in [5.41, 5.74) is 2.75. The number of carbonyl (C=O) groups is 1. The number of carbonyl (C=O) groups excluding carboxylic acids is 1. The van der Waals surface area contributed by atoms with E-state index in [4.69, 9.17) is 0 Å². The van der Waals surface area contributed by atoms with Gasteiger partial charge < -0.3 is 5.32 Å². The van der Waals surface area contributed by atoms with E-state index in [1.807, 2.05) is 44.2 Å². The molecule has 0 radical (unpaired) electrons. The van der Waals surface area contributed by atoms with E-state index in [0.29, 0.717) is 10.6 Å². The van der Waals surface area contributed by atoms with E-state index in [2.05, 4.69) is 32.8 Å². The molecule has 2 N–H and O–H groups in total. The van der Waals surface area contributed by atoms with Crippen LogP contribution in [0.1, 0.15) is 18.1 Å². The van der Waals surface area contributed by atoms with Crippen LogP contribution in [0.4, 0.5) is 10.5 Å². The summed E-state index contributed by atoms with van der Waals surface area (Å²) < 4.78 is 19.3. The summed E-state index contributed by atoms with van der Waals surface area (Å²) in [4.78, 5) is 12.8. The fraction of sp³-hybridized carbons (Fsp3) is 0.188. The largest absolute Gasteiger partial charge is 0.331 e. The van der Waals surface area contributed by atoms with Gasteiger partial charge in [0.15, 0.2) is 9.92 Å². The van der Waals surface area contributed by atoms with Crippen molar-refractivity contribution >= 4 is 45.6 Å². The molecule has 2 amide bonds. The van der Waals surface area contributed by atoms with Gasteiger partial charge in [-0.2, -0.15) is 4.13 Å². The molecular formula is C16H21N3O2P2S. The summed E-state index contributed by atoms with van der Waals surface area (Å²) in [6.07, 6.45) is 0.777. The van der Waals surface area contributed by atoms with Crippen molar-refractivity contribution in [3.63, 3.8) is 0 Å². The topological polar surface area (TPSA) is 70.6 Å². The first-order valence-corrected chi connectivity index (χ1v) is 9.99. The molecule has 0 aliphatic heterocycles. The smallest absolute Gasteiger partial charge is 0.306 e. The Bertz CT molecular complexity index is 860. The van der Waals surface area contributed by atoms with Gasteiger partial charge in [-0.05, 0) is 45.7 Å². The van der Waals surface area contributed by atoms with Crippen molar-refractivity contribution in [2.45, 2.75) is 25.2 Å². The van der Waals surface area contributed by atoms with Crippen LogP contribution in [0.5, 0.6) is 0 Å². The normalized spacial score (nSPS) is 13.0. The first kappa shape index (κ1) is 18.9. The summed E-state index contributed by atoms with van der Waals surface area (Å²) in [7, 11) is 1.61. The van der Waals surface area contributed by atoms with Gasteiger partial charge in [-0.1, -0.05) is 42.8 Å². The molecule has 128 valence electrons. The highest BCUT2D eigenvalue weighted by Gasteiger charge is 2.17. The zero-order valence-electron chi connectivity index (χ0n) is 13.6. The number of hydrogen-bond acceptors (Lipinski definition) is 3. The van der Waals surface area contributed by atoms with Gasteiger partial charge in [-0.3, -0.25) is 0 Å². The average Bonchev–Trinajstić information content (AvgIpc) is 2.57. The Balaban J connectivity index is 2.25. The van der Waals surface area contributed by atoms with Crippen LogP contribution in [0.2, 0.25) is 0 Å². The molecule has 0 aliphatic carbocycles. The molecule has 0 aliphatic rings. The number of rotatable bonds is 4. The quantitative estimate of drug-likeness (QED) is 0.797. The molecule has 2 aromatic rings. The standard InChI is InChI=1S/C16H21N3O2P2S/c1-3-12-5-4-6-14(22)15(12)17-16(20)18-24(21,19-23)13-9-7-11(2)8-10-13/h4-10H,3,22-23H2,1-2H3,(H2,17,18,19,20,21). The van der Waals surface area contributed by atoms with Gasteiger partial charge in [0.1, 0.15) is 0 Å². The lowest BCUT2D eigenvalue weighted by Gasteiger charge is -2.15. The number of para-hydroxylation sites is 1. The third-order valence-electron chi connectivity index (χ3n) is 3.52. The van der Waals surface area contributed by atoms with Crippen molar-refractivity contribution in [1.29, 1.82) is 0 Å². The number of urea groups is 1. The van der Waals surface area contributed by atoms with Crippen molar-refractivity contribution in [3.8, 4) is 0 Å². The maximum Gasteiger partial charge on any atom is 0.331 e. The van der Waals surface area contributed by atoms with Gasteiger partial charge in [0, 0.05) is 0 Å². The van der Waals surface area contributed by atoms with Gasteiger partial charge in [0.2, 0.25) is 0 Å². The minimum Gasteiger partial charge on any atom is -0.306 e. The van der Waals surface area contributed by atoms with Gasteiger partial charge >= 0.3 is 6.03 Å². The van der Waals surface area contributed by atoms with Crippen molar-refractivity contribution in [2.24, 2.45) is 4.13 Å². The number of anilines is 1. The van der Waals surface area contributed by atoms with Crippen LogP contribution in [-0.4, -0.2) is 10.2 Å². The van der Waals surface area contributed by atoms with Gasteiger partial charge in [0.05, 0.1) is 10.6 Å². The molecule has 8 heteroatoms. The van der Waals surface area contributed by atoms with Crippen LogP contribution in [0.3, 0.4) is 0 Å². The van der Waals surface area contributed by atoms with Crippen molar-refractivity contribution < 1.29 is 9.00 Å². The molecule has 5 nitrogen and oxygen atoms in total. The lowest BCUT2D eigenvalue weighted by Crippen LogP contribution is -2.35. The SMILES string of the molecule is CCc1cccc(P)c1NC(=O)NS(=O)(=NP)c1ccc(C)cc1. The molecule has 0 saturated heterocycles. The predicted molar refractivity (Wildman–Crippen MR) is 107 cm³/mol. The maximum absolute atomic E-state index is 12.9. The third kappa shape index (κ3) is 4.32. The number of nitrogens with zero attached hydrogens (tertiary/aromatic N) is 1. The van der Waals surface area contributed by atoms with E-state index in [1.165, 1.54) is 0 Å². The fourth-order valence-electron chi connectivity index (χ4n) is 2.20. The second-order valence-corrected chi connectivity index (χ2v) is 8.43. The second kappa shape index (κ2) is 8.06. The van der Waals surface area contributed by atoms with Gasteiger partial charge in [-0.25, -0.2) is 13.7 Å². The highest BCUT2D eigenvalue weighted by atomic mass is 32.2. The van der Waals surface area contributed by atoms with Gasteiger partial charge in [0.25, 0.3) is 0 Å². The van der Waals surface area contributed by atoms with E-state index >= 15 is 0 Å². The molecule has 0 aromatic heterocycles. The Morgan fingerprint density at radius 1 is 1.21 bits per heavy atom. The van der Waals surface area contributed by atoms with E-state index in [9.17, 15) is 9.00 Å². The van der Waals surface area contributed by atoms with E-state index in [1.54, 1.807) is 12.1 Å². The van der Waals surface area contributed by atoms with Crippen LogP contribution < -0.4 is 15.3 Å². The molecule has 0 saturated carbocycles. The van der Waals surface area contributed by atoms with Crippen molar-refractivity contribution in [1.82, 2.24) is 4.72 Å². The Morgan fingerprint density at radius 2 is 1.88 bits per heavy atom. The van der Waals surface area contributed by atoms with E-state index in [-0.39, 0.29) is 0 Å². The predicted octanol–water partition coefficient (Wildman–Crippen LogP) is 3.41. The summed E-state index contributed by atoms with van der Waals surface area (Å²) in [5.74, 6) is 0. The molecule has 0 spiro atoms. The monoisotopic (exact) mass is 381 g/mol. The molecule has 0 bridgehead atoms. The van der Waals surface area contributed by atoms with E-state index in [0.717, 1.165) is 22.9 Å². The highest BCUT2D eigenvalue weighted by molar-refractivity contribution is 7.93. The van der Waals surface area contributed by atoms with Crippen LogP contribution in [0.15, 0.2) is 51.5 Å². The molecule has 24 heavy (non-hydrogen) atoms. The first-order chi connectivity index (χ1) is 11.4. The molecule has 0 fully saturated rings. The second-order valence-electron chi connectivity index (χ2n) is 5.24. The molecular weight excluding hydrogens is 360 g/mol. The maximum atomic E-state index is 12.9. The Morgan fingerprint density at radius 3 is 2.46 bits per heavy atom. The zero-order valence-corrected chi connectivity index (χ0v) is 16.7. The lowest BCUT2D eigenvalue weighted by molar-refractivity contribution is 0.257. The first-order valence-electron chi connectivity index (χ1n) is 7.38. The Labute approximate surface area is 147 Å². The zero-order chi connectivity index (χ0) is 17.7. The molecule has 0 heterocycles. The van der Waals surface area contributed by atoms with Crippen molar-refractivity contribution in [3.05, 3.63) is 53.6 Å². The number of nitrogens with one attached hydrogen (secondary N) is 2. The molecule has 2 rings (SSSR count). The Hall–Kier alpha value is -1.48. The van der Waals surface area contributed by atoms with Gasteiger partial charge in [-0.15, -0.1) is 9.24 Å². The van der Waals surface area contributed by atoms with E-state index < -0.39 is 15.9 Å². The number of amides is 2.